The normalized spacial score (nSPS) is 10.8. The molecule has 0 saturated carbocycles. The Morgan fingerprint density at radius 3 is 2.90 bits per heavy atom. The lowest BCUT2D eigenvalue weighted by atomic mass is 10.3. The Labute approximate surface area is 135 Å². The van der Waals surface area contributed by atoms with E-state index in [2.05, 4.69) is 26.2 Å². The summed E-state index contributed by atoms with van der Waals surface area (Å²) in [5.41, 5.74) is 2.83. The number of rotatable bonds is 4. The molecule has 2 heterocycles. The molecule has 0 aliphatic heterocycles. The number of nitrogens with one attached hydrogen (secondary N) is 1. The summed E-state index contributed by atoms with van der Waals surface area (Å²) in [5, 5.41) is 4.03. The monoisotopic (exact) mass is 365 g/mol. The topological polar surface area (TPSA) is 38.6 Å². The smallest absolute Gasteiger partial charge is 0.137 e. The Hall–Kier alpha value is -1.72. The van der Waals surface area contributed by atoms with Crippen molar-refractivity contribution in [3.8, 4) is 5.75 Å². The summed E-state index contributed by atoms with van der Waals surface area (Å²) in [7, 11) is 1.65. The summed E-state index contributed by atoms with van der Waals surface area (Å²) in [6, 6.07) is 9.59. The molecule has 108 valence electrons. The van der Waals surface area contributed by atoms with Crippen LogP contribution in [-0.2, 0) is 6.54 Å². The van der Waals surface area contributed by atoms with E-state index < -0.39 is 0 Å². The van der Waals surface area contributed by atoms with Gasteiger partial charge in [0.2, 0.25) is 0 Å². The molecular formula is C15H13BrClN3O. The van der Waals surface area contributed by atoms with Gasteiger partial charge in [-0.2, -0.15) is 0 Å². The number of ether oxygens (including phenoxy) is 1. The summed E-state index contributed by atoms with van der Waals surface area (Å²) in [6.45, 7) is 0.637. The fourth-order valence-corrected chi connectivity index (χ4v) is 2.78. The van der Waals surface area contributed by atoms with Crippen LogP contribution in [-0.4, -0.2) is 16.5 Å². The van der Waals surface area contributed by atoms with Gasteiger partial charge in [-0.25, -0.2) is 4.98 Å². The molecule has 6 heteroatoms. The molecule has 21 heavy (non-hydrogen) atoms. The molecule has 1 N–H and O–H groups in total. The molecule has 0 aliphatic carbocycles. The molecule has 0 bridgehead atoms. The molecule has 0 atom stereocenters. The second kappa shape index (κ2) is 5.95. The first kappa shape index (κ1) is 14.2. The third-order valence-electron chi connectivity index (χ3n) is 3.09. The minimum Gasteiger partial charge on any atom is -0.496 e. The fraction of sp³-hybridized carbons (Fsp3) is 0.133. The van der Waals surface area contributed by atoms with Crippen LogP contribution < -0.4 is 10.1 Å². The van der Waals surface area contributed by atoms with Crippen molar-refractivity contribution in [1.82, 2.24) is 9.38 Å². The van der Waals surface area contributed by atoms with E-state index in [-0.39, 0.29) is 0 Å². The van der Waals surface area contributed by atoms with Crippen LogP contribution in [0, 0.1) is 0 Å². The molecule has 0 amide bonds. The van der Waals surface area contributed by atoms with Gasteiger partial charge < -0.3 is 14.5 Å². The maximum Gasteiger partial charge on any atom is 0.137 e. The van der Waals surface area contributed by atoms with E-state index in [0.717, 1.165) is 27.3 Å². The number of hydrogen-bond acceptors (Lipinski definition) is 3. The second-order valence-corrected chi connectivity index (χ2v) is 5.84. The van der Waals surface area contributed by atoms with Crippen molar-refractivity contribution in [2.24, 2.45) is 0 Å². The largest absolute Gasteiger partial charge is 0.496 e. The van der Waals surface area contributed by atoms with Gasteiger partial charge in [-0.3, -0.25) is 0 Å². The number of pyridine rings is 1. The van der Waals surface area contributed by atoms with Crippen molar-refractivity contribution in [3.05, 3.63) is 57.9 Å². The highest BCUT2D eigenvalue weighted by molar-refractivity contribution is 9.10. The number of halogens is 2. The van der Waals surface area contributed by atoms with Crippen molar-refractivity contribution in [1.29, 1.82) is 0 Å². The number of aromatic nitrogens is 2. The lowest BCUT2D eigenvalue weighted by molar-refractivity contribution is 0.412. The van der Waals surface area contributed by atoms with Gasteiger partial charge in [-0.15, -0.1) is 0 Å². The van der Waals surface area contributed by atoms with E-state index in [9.17, 15) is 0 Å². The molecular weight excluding hydrogens is 354 g/mol. The highest BCUT2D eigenvalue weighted by Gasteiger charge is 2.04. The van der Waals surface area contributed by atoms with Crippen LogP contribution in [0.25, 0.3) is 5.65 Å². The molecule has 1 aromatic carbocycles. The fourth-order valence-electron chi connectivity index (χ4n) is 2.07. The number of imidazole rings is 1. The first-order chi connectivity index (χ1) is 10.2. The van der Waals surface area contributed by atoms with Crippen molar-refractivity contribution in [3.63, 3.8) is 0 Å². The highest BCUT2D eigenvalue weighted by Crippen LogP contribution is 2.27. The predicted molar refractivity (Wildman–Crippen MR) is 88.2 cm³/mol. The van der Waals surface area contributed by atoms with Crippen molar-refractivity contribution < 1.29 is 4.74 Å². The van der Waals surface area contributed by atoms with Gasteiger partial charge >= 0.3 is 0 Å². The number of nitrogens with zero attached hydrogens (tertiary/aromatic N) is 2. The predicted octanol–water partition coefficient (Wildman–Crippen LogP) is 4.37. The molecule has 0 saturated heterocycles. The summed E-state index contributed by atoms with van der Waals surface area (Å²) in [4.78, 5) is 4.53. The van der Waals surface area contributed by atoms with Gasteiger partial charge in [0.1, 0.15) is 11.4 Å². The Morgan fingerprint density at radius 2 is 2.14 bits per heavy atom. The summed E-state index contributed by atoms with van der Waals surface area (Å²) in [6.07, 6.45) is 3.81. The van der Waals surface area contributed by atoms with Gasteiger partial charge in [-0.1, -0.05) is 11.6 Å². The van der Waals surface area contributed by atoms with E-state index in [0.29, 0.717) is 11.6 Å². The standard InChI is InChI=1S/C15H13BrClN3O/c1-21-14-4-3-11(6-13(14)16)18-7-12-9-20-8-10(17)2-5-15(20)19-12/h2-6,8-9,18H,7H2,1H3. The molecule has 0 unspecified atom stereocenters. The van der Waals surface area contributed by atoms with Crippen LogP contribution in [0.5, 0.6) is 5.75 Å². The summed E-state index contributed by atoms with van der Waals surface area (Å²) >= 11 is 9.44. The van der Waals surface area contributed by atoms with Gasteiger partial charge in [0, 0.05) is 18.1 Å². The molecule has 0 fully saturated rings. The molecule has 4 nitrogen and oxygen atoms in total. The van der Waals surface area contributed by atoms with Gasteiger partial charge in [0.25, 0.3) is 0 Å². The van der Waals surface area contributed by atoms with E-state index in [1.54, 1.807) is 7.11 Å². The summed E-state index contributed by atoms with van der Waals surface area (Å²) < 4.78 is 8.04. The average Bonchev–Trinajstić information content (AvgIpc) is 2.87. The maximum atomic E-state index is 5.97. The van der Waals surface area contributed by atoms with Gasteiger partial charge in [0.05, 0.1) is 28.8 Å². The number of methoxy groups -OCH3 is 1. The van der Waals surface area contributed by atoms with Crippen LogP contribution in [0.15, 0.2) is 47.2 Å². The lowest BCUT2D eigenvalue weighted by Crippen LogP contribution is -1.99. The van der Waals surface area contributed by atoms with E-state index in [1.807, 2.05) is 47.1 Å². The van der Waals surface area contributed by atoms with Crippen molar-refractivity contribution in [2.45, 2.75) is 6.54 Å². The molecule has 0 radical (unpaired) electrons. The minimum atomic E-state index is 0.637. The Bertz CT molecular complexity index is 788. The first-order valence-electron chi connectivity index (χ1n) is 6.36. The molecule has 3 aromatic rings. The van der Waals surface area contributed by atoms with Crippen LogP contribution in [0.3, 0.4) is 0 Å². The Kier molecular flexibility index (Phi) is 4.03. The van der Waals surface area contributed by atoms with E-state index in [1.165, 1.54) is 0 Å². The third kappa shape index (κ3) is 3.14. The van der Waals surface area contributed by atoms with Crippen molar-refractivity contribution in [2.75, 3.05) is 12.4 Å². The van der Waals surface area contributed by atoms with Crippen molar-refractivity contribution >= 4 is 38.9 Å². The van der Waals surface area contributed by atoms with Gasteiger partial charge in [0.15, 0.2) is 0 Å². The average molecular weight is 367 g/mol. The minimum absolute atomic E-state index is 0.637. The Balaban J connectivity index is 1.75. The zero-order valence-corrected chi connectivity index (χ0v) is 13.6. The van der Waals surface area contributed by atoms with E-state index >= 15 is 0 Å². The number of benzene rings is 1. The SMILES string of the molecule is COc1ccc(NCc2cn3cc(Cl)ccc3n2)cc1Br. The maximum absolute atomic E-state index is 5.97. The van der Waals surface area contributed by atoms with Crippen LogP contribution in [0.4, 0.5) is 5.69 Å². The quantitative estimate of drug-likeness (QED) is 0.745. The highest BCUT2D eigenvalue weighted by atomic mass is 79.9. The van der Waals surface area contributed by atoms with E-state index in [4.69, 9.17) is 16.3 Å². The summed E-state index contributed by atoms with van der Waals surface area (Å²) in [5.74, 6) is 0.808. The third-order valence-corrected chi connectivity index (χ3v) is 3.93. The van der Waals surface area contributed by atoms with Gasteiger partial charge in [-0.05, 0) is 46.3 Å². The second-order valence-electron chi connectivity index (χ2n) is 4.55. The first-order valence-corrected chi connectivity index (χ1v) is 7.53. The van der Waals surface area contributed by atoms with Crippen LogP contribution in [0.2, 0.25) is 5.02 Å². The molecule has 0 spiro atoms. The lowest BCUT2D eigenvalue weighted by Gasteiger charge is -2.07. The zero-order valence-electron chi connectivity index (χ0n) is 11.3. The molecule has 0 aliphatic rings. The zero-order chi connectivity index (χ0) is 14.8. The Morgan fingerprint density at radius 1 is 1.29 bits per heavy atom. The number of fused-ring (bicyclic) bond motifs is 1. The molecule has 3 rings (SSSR count). The molecule has 2 aromatic heterocycles. The number of anilines is 1. The number of hydrogen-bond donors (Lipinski definition) is 1. The van der Waals surface area contributed by atoms with Crippen LogP contribution >= 0.6 is 27.5 Å². The van der Waals surface area contributed by atoms with Crippen LogP contribution in [0.1, 0.15) is 5.69 Å².